The molecule has 3 atom stereocenters. The van der Waals surface area contributed by atoms with Crippen LogP contribution in [0.4, 0.5) is 0 Å². The molecule has 0 bridgehead atoms. The van der Waals surface area contributed by atoms with Crippen molar-refractivity contribution in [3.63, 3.8) is 0 Å². The van der Waals surface area contributed by atoms with E-state index in [4.69, 9.17) is 4.74 Å². The molecule has 1 saturated heterocycles. The maximum Gasteiger partial charge on any atom is 0.141 e. The monoisotopic (exact) mass is 333 g/mol. The molecule has 126 valence electrons. The van der Waals surface area contributed by atoms with Gasteiger partial charge < -0.3 is 4.74 Å². The number of morpholine rings is 1. The highest BCUT2D eigenvalue weighted by Crippen LogP contribution is 2.62. The quantitative estimate of drug-likeness (QED) is 0.828. The number of ether oxygens (including phenoxy) is 1. The second-order valence-electron chi connectivity index (χ2n) is 7.06. The first-order chi connectivity index (χ1) is 12.1. The first kappa shape index (κ1) is 16.0. The molecular formula is C20H19N3O2. The van der Waals surface area contributed by atoms with Gasteiger partial charge in [0, 0.05) is 19.0 Å². The molecule has 25 heavy (non-hydrogen) atoms. The van der Waals surface area contributed by atoms with Crippen molar-refractivity contribution in [3.8, 4) is 12.1 Å². The first-order valence-electron chi connectivity index (χ1n) is 8.57. The van der Waals surface area contributed by atoms with Crippen LogP contribution < -0.4 is 0 Å². The van der Waals surface area contributed by atoms with Crippen molar-refractivity contribution in [2.24, 2.45) is 5.92 Å². The Hall–Kier alpha value is -2.47. The fourth-order valence-corrected chi connectivity index (χ4v) is 4.91. The predicted octanol–water partition coefficient (Wildman–Crippen LogP) is 2.05. The molecule has 1 heterocycles. The lowest BCUT2D eigenvalue weighted by Crippen LogP contribution is -2.74. The largest absolute Gasteiger partial charge is 0.379 e. The van der Waals surface area contributed by atoms with Gasteiger partial charge in [0.2, 0.25) is 0 Å². The summed E-state index contributed by atoms with van der Waals surface area (Å²) < 4.78 is 5.43. The maximum atomic E-state index is 12.8. The standard InChI is InChI=1S/C20H19N3O2/c1-14(24)20-12-19(13-22,23-6-8-25-9-7-23)18(20)10-15(11-21)16-4-2-3-5-17(16)20/h2-5,10,18H,6-9,12H2,1H3/t18-,19-,20+/m1/s1. The average molecular weight is 333 g/mol. The van der Waals surface area contributed by atoms with Crippen LogP contribution in [0.3, 0.4) is 0 Å². The van der Waals surface area contributed by atoms with Crippen molar-refractivity contribution < 1.29 is 9.53 Å². The number of benzene rings is 1. The molecule has 4 rings (SSSR count). The number of nitrogens with zero attached hydrogens (tertiary/aromatic N) is 3. The van der Waals surface area contributed by atoms with Gasteiger partial charge in [0.1, 0.15) is 11.3 Å². The number of hydrogen-bond donors (Lipinski definition) is 0. The lowest BCUT2D eigenvalue weighted by Gasteiger charge is -2.63. The Kier molecular flexibility index (Phi) is 3.54. The summed E-state index contributed by atoms with van der Waals surface area (Å²) in [5.41, 5.74) is 0.830. The second kappa shape index (κ2) is 5.52. The summed E-state index contributed by atoms with van der Waals surface area (Å²) in [6.45, 7) is 4.14. The zero-order chi connectivity index (χ0) is 17.7. The highest BCUT2D eigenvalue weighted by atomic mass is 16.5. The van der Waals surface area contributed by atoms with E-state index in [2.05, 4.69) is 17.0 Å². The molecule has 1 aliphatic heterocycles. The Balaban J connectivity index is 1.89. The summed E-state index contributed by atoms with van der Waals surface area (Å²) in [6, 6.07) is 12.4. The van der Waals surface area contributed by atoms with E-state index in [1.165, 1.54) is 0 Å². The van der Waals surface area contributed by atoms with Gasteiger partial charge in [-0.2, -0.15) is 10.5 Å². The number of carbonyl (C=O) groups is 1. The van der Waals surface area contributed by atoms with Crippen LogP contribution in [0.5, 0.6) is 0 Å². The van der Waals surface area contributed by atoms with Crippen LogP contribution in [-0.2, 0) is 14.9 Å². The van der Waals surface area contributed by atoms with E-state index >= 15 is 0 Å². The van der Waals surface area contributed by atoms with Crippen molar-refractivity contribution in [3.05, 3.63) is 41.5 Å². The number of rotatable bonds is 2. The Morgan fingerprint density at radius 2 is 2.00 bits per heavy atom. The van der Waals surface area contributed by atoms with E-state index in [0.29, 0.717) is 38.3 Å². The number of hydrogen-bond acceptors (Lipinski definition) is 5. The molecule has 0 N–H and O–H groups in total. The molecule has 1 saturated carbocycles. The maximum absolute atomic E-state index is 12.8. The molecular weight excluding hydrogens is 314 g/mol. The van der Waals surface area contributed by atoms with Crippen LogP contribution >= 0.6 is 0 Å². The van der Waals surface area contributed by atoms with Crippen molar-refractivity contribution in [2.75, 3.05) is 26.3 Å². The highest BCUT2D eigenvalue weighted by Gasteiger charge is 2.69. The summed E-state index contributed by atoms with van der Waals surface area (Å²) in [5.74, 6) is -0.234. The van der Waals surface area contributed by atoms with Gasteiger partial charge in [-0.3, -0.25) is 9.69 Å². The Morgan fingerprint density at radius 3 is 2.64 bits per heavy atom. The van der Waals surface area contributed by atoms with Gasteiger partial charge >= 0.3 is 0 Å². The fourth-order valence-electron chi connectivity index (χ4n) is 4.91. The normalized spacial score (nSPS) is 33.7. The fraction of sp³-hybridized carbons (Fsp3) is 0.450. The van der Waals surface area contributed by atoms with Gasteiger partial charge in [0.25, 0.3) is 0 Å². The molecule has 5 nitrogen and oxygen atoms in total. The molecule has 0 spiro atoms. The van der Waals surface area contributed by atoms with E-state index in [1.54, 1.807) is 6.92 Å². The molecule has 1 aromatic rings. The predicted molar refractivity (Wildman–Crippen MR) is 91.2 cm³/mol. The zero-order valence-electron chi connectivity index (χ0n) is 14.2. The lowest BCUT2D eigenvalue weighted by atomic mass is 9.43. The summed E-state index contributed by atoms with van der Waals surface area (Å²) >= 11 is 0. The minimum absolute atomic E-state index is 0.0670. The summed E-state index contributed by atoms with van der Waals surface area (Å²) in [4.78, 5) is 14.9. The second-order valence-corrected chi connectivity index (χ2v) is 7.06. The Morgan fingerprint density at radius 1 is 1.28 bits per heavy atom. The molecule has 1 aromatic carbocycles. The molecule has 2 fully saturated rings. The van der Waals surface area contributed by atoms with Crippen LogP contribution in [0.25, 0.3) is 5.57 Å². The molecule has 0 radical (unpaired) electrons. The van der Waals surface area contributed by atoms with Crippen molar-refractivity contribution in [1.82, 2.24) is 4.90 Å². The third-order valence-corrected chi connectivity index (χ3v) is 6.14. The van der Waals surface area contributed by atoms with Crippen molar-refractivity contribution in [1.29, 1.82) is 10.5 Å². The minimum atomic E-state index is -0.745. The Labute approximate surface area is 147 Å². The summed E-state index contributed by atoms with van der Waals surface area (Å²) in [5, 5.41) is 19.7. The number of carbonyl (C=O) groups excluding carboxylic acids is 1. The topological polar surface area (TPSA) is 77.1 Å². The third kappa shape index (κ3) is 1.91. The van der Waals surface area contributed by atoms with Crippen LogP contribution in [0.2, 0.25) is 0 Å². The smallest absolute Gasteiger partial charge is 0.141 e. The molecule has 0 unspecified atom stereocenters. The van der Waals surface area contributed by atoms with Gasteiger partial charge in [-0.15, -0.1) is 0 Å². The van der Waals surface area contributed by atoms with E-state index in [1.807, 2.05) is 30.3 Å². The molecule has 3 aliphatic rings. The van der Waals surface area contributed by atoms with Crippen LogP contribution in [0, 0.1) is 28.6 Å². The molecule has 0 amide bonds. The average Bonchev–Trinajstić information content (AvgIpc) is 2.63. The first-order valence-corrected chi connectivity index (χ1v) is 8.57. The van der Waals surface area contributed by atoms with Gasteiger partial charge in [0.05, 0.1) is 36.3 Å². The highest BCUT2D eigenvalue weighted by molar-refractivity contribution is 5.97. The number of Topliss-reactive ketones (excluding diaryl/α,β-unsaturated/α-hetero) is 1. The summed E-state index contributed by atoms with van der Waals surface area (Å²) in [6.07, 6.45) is 2.34. The van der Waals surface area contributed by atoms with E-state index in [0.717, 1.165) is 11.1 Å². The number of fused-ring (bicyclic) bond motifs is 3. The van der Waals surface area contributed by atoms with Gasteiger partial charge in [-0.05, 0) is 24.5 Å². The van der Waals surface area contributed by atoms with E-state index in [9.17, 15) is 15.3 Å². The van der Waals surface area contributed by atoms with Crippen LogP contribution in [-0.4, -0.2) is 42.5 Å². The summed E-state index contributed by atoms with van der Waals surface area (Å²) in [7, 11) is 0. The van der Waals surface area contributed by atoms with Crippen molar-refractivity contribution >= 4 is 11.4 Å². The SMILES string of the molecule is CC(=O)[C@]12C[C@](C#N)(N3CCOCC3)[C@H]1C=C(C#N)c1ccccc12. The minimum Gasteiger partial charge on any atom is -0.379 e. The zero-order valence-corrected chi connectivity index (χ0v) is 14.2. The van der Waals surface area contributed by atoms with Crippen LogP contribution in [0.1, 0.15) is 24.5 Å². The molecule has 0 aromatic heterocycles. The number of allylic oxidation sites excluding steroid dienone is 1. The van der Waals surface area contributed by atoms with Crippen molar-refractivity contribution in [2.45, 2.75) is 24.3 Å². The number of ketones is 1. The third-order valence-electron chi connectivity index (χ3n) is 6.14. The number of nitriles is 2. The van der Waals surface area contributed by atoms with Crippen LogP contribution in [0.15, 0.2) is 30.3 Å². The molecule has 5 heteroatoms. The van der Waals surface area contributed by atoms with Gasteiger partial charge in [-0.1, -0.05) is 30.3 Å². The lowest BCUT2D eigenvalue weighted by molar-refractivity contribution is -0.142. The molecule has 2 aliphatic carbocycles. The van der Waals surface area contributed by atoms with E-state index < -0.39 is 11.0 Å². The Bertz CT molecular complexity index is 856. The van der Waals surface area contributed by atoms with E-state index in [-0.39, 0.29) is 11.7 Å². The van der Waals surface area contributed by atoms with Gasteiger partial charge in [0.15, 0.2) is 0 Å². The van der Waals surface area contributed by atoms with Gasteiger partial charge in [-0.25, -0.2) is 0 Å².